The van der Waals surface area contributed by atoms with Crippen molar-refractivity contribution in [1.29, 1.82) is 0 Å². The molecule has 3 rings (SSSR count). The molecule has 4 nitrogen and oxygen atoms in total. The molecule has 26 heavy (non-hydrogen) atoms. The van der Waals surface area contributed by atoms with Gasteiger partial charge in [-0.05, 0) is 112 Å². The molecule has 2 aromatic rings. The van der Waals surface area contributed by atoms with Crippen LogP contribution in [0.5, 0.6) is 5.75 Å². The van der Waals surface area contributed by atoms with Crippen molar-refractivity contribution in [2.45, 2.75) is 6.92 Å². The van der Waals surface area contributed by atoms with Crippen LogP contribution in [0.1, 0.15) is 12.5 Å². The highest BCUT2D eigenvalue weighted by Crippen LogP contribution is 2.32. The van der Waals surface area contributed by atoms with Crippen LogP contribution in [0.15, 0.2) is 46.3 Å². The number of hydrogen-bond donors (Lipinski definition) is 1. The van der Waals surface area contributed by atoms with E-state index in [1.807, 2.05) is 25.1 Å². The summed E-state index contributed by atoms with van der Waals surface area (Å²) in [6, 6.07) is 11.2. The molecule has 1 saturated heterocycles. The second kappa shape index (κ2) is 8.94. The van der Waals surface area contributed by atoms with Crippen LogP contribution >= 0.6 is 68.5 Å². The highest BCUT2D eigenvalue weighted by Gasteiger charge is 2.24. The van der Waals surface area contributed by atoms with Gasteiger partial charge in [0.2, 0.25) is 0 Å². The number of nitrogens with zero attached hydrogens (tertiary/aromatic N) is 1. The SMILES string of the molecule is CCOc1c(I)cc(/C=C2\SC(=Nc3ccc(Cl)cc3)NC2=O)cc1I. The molecule has 1 N–H and O–H groups in total. The molecule has 1 heterocycles. The molecular weight excluding hydrogens is 598 g/mol. The maximum absolute atomic E-state index is 12.2. The highest BCUT2D eigenvalue weighted by molar-refractivity contribution is 14.1. The van der Waals surface area contributed by atoms with E-state index in [2.05, 4.69) is 55.5 Å². The third-order valence-electron chi connectivity index (χ3n) is 3.32. The fraction of sp³-hybridized carbons (Fsp3) is 0.111. The minimum absolute atomic E-state index is 0.151. The van der Waals surface area contributed by atoms with Crippen LogP contribution < -0.4 is 10.1 Å². The van der Waals surface area contributed by atoms with Gasteiger partial charge < -0.3 is 10.1 Å². The van der Waals surface area contributed by atoms with Gasteiger partial charge in [-0.1, -0.05) is 11.6 Å². The predicted octanol–water partition coefficient (Wildman–Crippen LogP) is 5.84. The molecular formula is C18H13ClI2N2O2S. The summed E-state index contributed by atoms with van der Waals surface area (Å²) in [5.74, 6) is 0.728. The minimum Gasteiger partial charge on any atom is -0.492 e. The van der Waals surface area contributed by atoms with E-state index in [1.165, 1.54) is 11.8 Å². The van der Waals surface area contributed by atoms with Gasteiger partial charge in [0.05, 0.1) is 24.3 Å². The van der Waals surface area contributed by atoms with Crippen LogP contribution in [-0.4, -0.2) is 17.7 Å². The molecule has 8 heteroatoms. The van der Waals surface area contributed by atoms with Crippen molar-refractivity contribution in [3.63, 3.8) is 0 Å². The van der Waals surface area contributed by atoms with Crippen molar-refractivity contribution >= 4 is 91.4 Å². The molecule has 1 fully saturated rings. The quantitative estimate of drug-likeness (QED) is 0.350. The van der Waals surface area contributed by atoms with Crippen molar-refractivity contribution < 1.29 is 9.53 Å². The summed E-state index contributed by atoms with van der Waals surface area (Å²) in [5, 5.41) is 4.00. The minimum atomic E-state index is -0.151. The lowest BCUT2D eigenvalue weighted by Gasteiger charge is -2.09. The van der Waals surface area contributed by atoms with Gasteiger partial charge in [-0.25, -0.2) is 4.99 Å². The smallest absolute Gasteiger partial charge is 0.264 e. The van der Waals surface area contributed by atoms with Gasteiger partial charge in [-0.3, -0.25) is 4.79 Å². The van der Waals surface area contributed by atoms with Crippen LogP contribution in [0.4, 0.5) is 5.69 Å². The van der Waals surface area contributed by atoms with Crippen molar-refractivity contribution in [2.24, 2.45) is 4.99 Å². The van der Waals surface area contributed by atoms with Gasteiger partial charge >= 0.3 is 0 Å². The Bertz CT molecular complexity index is 891. The number of thioether (sulfide) groups is 1. The van der Waals surface area contributed by atoms with Crippen molar-refractivity contribution in [3.8, 4) is 5.75 Å². The summed E-state index contributed by atoms with van der Waals surface area (Å²) < 4.78 is 7.69. The number of amides is 1. The Balaban J connectivity index is 1.84. The van der Waals surface area contributed by atoms with Crippen LogP contribution in [0.2, 0.25) is 5.02 Å². The fourth-order valence-electron chi connectivity index (χ4n) is 2.21. The van der Waals surface area contributed by atoms with Gasteiger partial charge in [0, 0.05) is 5.02 Å². The normalized spacial score (nSPS) is 17.0. The number of amidine groups is 1. The van der Waals surface area contributed by atoms with Gasteiger partial charge in [0.25, 0.3) is 5.91 Å². The molecule has 134 valence electrons. The molecule has 1 aliphatic rings. The van der Waals surface area contributed by atoms with Crippen molar-refractivity contribution in [3.05, 3.63) is 59.0 Å². The summed E-state index contributed by atoms with van der Waals surface area (Å²) in [6.45, 7) is 2.58. The zero-order valence-electron chi connectivity index (χ0n) is 13.6. The molecule has 1 aliphatic heterocycles. The van der Waals surface area contributed by atoms with Gasteiger partial charge in [-0.2, -0.15) is 0 Å². The summed E-state index contributed by atoms with van der Waals surface area (Å²) in [4.78, 5) is 17.3. The summed E-state index contributed by atoms with van der Waals surface area (Å²) in [5.41, 5.74) is 1.69. The van der Waals surface area contributed by atoms with Gasteiger partial charge in [0.1, 0.15) is 5.75 Å². The Hall–Kier alpha value is -0.780. The first kappa shape index (κ1) is 20.0. The highest BCUT2D eigenvalue weighted by atomic mass is 127. The van der Waals surface area contributed by atoms with E-state index in [0.717, 1.165) is 24.1 Å². The molecule has 0 spiro atoms. The third kappa shape index (κ3) is 4.93. The molecule has 0 radical (unpaired) electrons. The van der Waals surface area contributed by atoms with Crippen molar-refractivity contribution in [1.82, 2.24) is 5.32 Å². The van der Waals surface area contributed by atoms with E-state index in [1.54, 1.807) is 24.3 Å². The molecule has 2 aromatic carbocycles. The van der Waals surface area contributed by atoms with Crippen LogP contribution in [0, 0.1) is 7.14 Å². The standard InChI is InChI=1S/C18H13ClI2N2O2S/c1-2-25-16-13(20)7-10(8-14(16)21)9-15-17(24)23-18(26-15)22-12-5-3-11(19)4-6-12/h3-9H,2H2,1H3,(H,22,23,24)/b15-9-. The Labute approximate surface area is 188 Å². The number of hydrogen-bond acceptors (Lipinski definition) is 4. The third-order valence-corrected chi connectivity index (χ3v) is 6.08. The Morgan fingerprint density at radius 1 is 1.23 bits per heavy atom. The lowest BCUT2D eigenvalue weighted by Crippen LogP contribution is -2.19. The van der Waals surface area contributed by atoms with E-state index in [4.69, 9.17) is 16.3 Å². The summed E-state index contributed by atoms with van der Waals surface area (Å²) in [6.07, 6.45) is 1.87. The first-order valence-electron chi connectivity index (χ1n) is 7.63. The Morgan fingerprint density at radius 3 is 2.50 bits per heavy atom. The van der Waals surface area contributed by atoms with Crippen LogP contribution in [0.3, 0.4) is 0 Å². The second-order valence-electron chi connectivity index (χ2n) is 5.20. The predicted molar refractivity (Wildman–Crippen MR) is 125 cm³/mol. The molecule has 0 bridgehead atoms. The first-order chi connectivity index (χ1) is 12.5. The monoisotopic (exact) mass is 610 g/mol. The molecule has 0 atom stereocenters. The van der Waals surface area contributed by atoms with Crippen LogP contribution in [-0.2, 0) is 4.79 Å². The number of carbonyl (C=O) groups is 1. The molecule has 0 aromatic heterocycles. The Kier molecular flexibility index (Phi) is 6.87. The van der Waals surface area contributed by atoms with Gasteiger partial charge in [0.15, 0.2) is 5.17 Å². The molecule has 0 unspecified atom stereocenters. The summed E-state index contributed by atoms with van der Waals surface area (Å²) >= 11 is 11.7. The molecule has 0 saturated carbocycles. The number of rotatable bonds is 4. The van der Waals surface area contributed by atoms with Crippen molar-refractivity contribution in [2.75, 3.05) is 6.61 Å². The number of halogens is 3. The van der Waals surface area contributed by atoms with E-state index in [9.17, 15) is 4.79 Å². The number of ether oxygens (including phenoxy) is 1. The average Bonchev–Trinajstić information content (AvgIpc) is 2.92. The topological polar surface area (TPSA) is 50.7 Å². The maximum atomic E-state index is 12.2. The second-order valence-corrected chi connectivity index (χ2v) is 9.00. The zero-order valence-corrected chi connectivity index (χ0v) is 19.4. The van der Waals surface area contributed by atoms with E-state index in [-0.39, 0.29) is 5.91 Å². The number of carbonyl (C=O) groups excluding carboxylic acids is 1. The number of aliphatic imine (C=N–C) groups is 1. The van der Waals surface area contributed by atoms with Crippen LogP contribution in [0.25, 0.3) is 6.08 Å². The number of nitrogens with one attached hydrogen (secondary N) is 1. The number of benzene rings is 2. The lowest BCUT2D eigenvalue weighted by molar-refractivity contribution is -0.115. The average molecular weight is 611 g/mol. The maximum Gasteiger partial charge on any atom is 0.264 e. The fourth-order valence-corrected chi connectivity index (χ4v) is 5.31. The van der Waals surface area contributed by atoms with E-state index >= 15 is 0 Å². The molecule has 0 aliphatic carbocycles. The van der Waals surface area contributed by atoms with E-state index in [0.29, 0.717) is 21.7 Å². The lowest BCUT2D eigenvalue weighted by atomic mass is 10.2. The van der Waals surface area contributed by atoms with Gasteiger partial charge in [-0.15, -0.1) is 0 Å². The zero-order chi connectivity index (χ0) is 18.7. The van der Waals surface area contributed by atoms with E-state index < -0.39 is 0 Å². The molecule has 1 amide bonds. The largest absolute Gasteiger partial charge is 0.492 e. The summed E-state index contributed by atoms with van der Waals surface area (Å²) in [7, 11) is 0. The first-order valence-corrected chi connectivity index (χ1v) is 11.0. The Morgan fingerprint density at radius 2 is 1.88 bits per heavy atom.